The second kappa shape index (κ2) is 23.2. The molecule has 0 fully saturated rings. The maximum atomic E-state index is 2.26. The molecule has 0 bridgehead atoms. The van der Waals surface area contributed by atoms with Gasteiger partial charge in [-0.2, -0.15) is 0 Å². The molecule has 3 rings (SSSR count). The molecular formula is C42H72. The molecule has 0 unspecified atom stereocenters. The van der Waals surface area contributed by atoms with E-state index in [0.717, 1.165) is 0 Å². The average molecular weight is 577 g/mol. The van der Waals surface area contributed by atoms with Crippen molar-refractivity contribution in [2.24, 2.45) is 10.8 Å². The van der Waals surface area contributed by atoms with Crippen molar-refractivity contribution in [1.82, 2.24) is 0 Å². The molecule has 42 heavy (non-hydrogen) atoms. The van der Waals surface area contributed by atoms with E-state index < -0.39 is 0 Å². The van der Waals surface area contributed by atoms with E-state index in [1.807, 2.05) is 32.0 Å². The molecule has 0 aliphatic rings. The van der Waals surface area contributed by atoms with E-state index in [9.17, 15) is 0 Å². The fraction of sp³-hybridized carbons (Fsp3) is 0.571. The topological polar surface area (TPSA) is 0 Å². The Hall–Kier alpha value is -2.34. The Morgan fingerprint density at radius 1 is 0.500 bits per heavy atom. The van der Waals surface area contributed by atoms with Gasteiger partial charge in [0.15, 0.2) is 0 Å². The number of benzene rings is 3. The minimum Gasteiger partial charge on any atom is -0.0683 e. The van der Waals surface area contributed by atoms with Crippen LogP contribution in [0, 0.1) is 45.4 Å². The summed E-state index contributed by atoms with van der Waals surface area (Å²) in [7, 11) is 0. The zero-order valence-corrected chi connectivity index (χ0v) is 31.7. The normalized spacial score (nSPS) is 10.3. The lowest BCUT2D eigenvalue weighted by Gasteiger charge is -2.16. The summed E-state index contributed by atoms with van der Waals surface area (Å²) in [6.07, 6.45) is 1.27. The van der Waals surface area contributed by atoms with E-state index >= 15 is 0 Å². The maximum Gasteiger partial charge on any atom is -0.0216 e. The molecule has 0 spiro atoms. The van der Waals surface area contributed by atoms with Gasteiger partial charge in [0.2, 0.25) is 0 Å². The lowest BCUT2D eigenvalue weighted by Crippen LogP contribution is -2.00. The number of rotatable bonds is 2. The maximum absolute atomic E-state index is 2.26. The lowest BCUT2D eigenvalue weighted by atomic mass is 9.90. The standard InChI is InChI=1S/C13H20.C9H12.C7H8.C6H14.C5H12.C2H6/c1-9(2)12-7-6-8-13(10(3)4)11(12)5;1-7-5-4-6-8(2)9(7)3;1-7-5-3-2-4-6-7;1-5-6(2,3)4;1-5(2,3)4;1-2/h6-10H,1-5H3;4-6H,1-3H3;2-6H,1H3;5H2,1-4H3;1-4H3;1-2H3. The predicted molar refractivity (Wildman–Crippen MR) is 197 cm³/mol. The molecule has 0 atom stereocenters. The van der Waals surface area contributed by atoms with Crippen molar-refractivity contribution in [2.45, 2.75) is 150 Å². The van der Waals surface area contributed by atoms with Crippen LogP contribution in [-0.4, -0.2) is 0 Å². The van der Waals surface area contributed by atoms with Crippen LogP contribution < -0.4 is 0 Å². The van der Waals surface area contributed by atoms with Crippen molar-refractivity contribution < 1.29 is 0 Å². The van der Waals surface area contributed by atoms with Gasteiger partial charge in [-0.25, -0.2) is 0 Å². The van der Waals surface area contributed by atoms with Gasteiger partial charge in [-0.05, 0) is 90.7 Å². The third-order valence-electron chi connectivity index (χ3n) is 6.54. The molecule has 0 aromatic heterocycles. The van der Waals surface area contributed by atoms with Crippen LogP contribution in [-0.2, 0) is 0 Å². The van der Waals surface area contributed by atoms with Crippen LogP contribution >= 0.6 is 0 Å². The first-order chi connectivity index (χ1) is 19.2. The second-order valence-corrected chi connectivity index (χ2v) is 14.5. The highest BCUT2D eigenvalue weighted by Crippen LogP contribution is 2.26. The third-order valence-corrected chi connectivity index (χ3v) is 6.54. The monoisotopic (exact) mass is 577 g/mol. The van der Waals surface area contributed by atoms with Gasteiger partial charge in [0.05, 0.1) is 0 Å². The minimum absolute atomic E-state index is 0.500. The lowest BCUT2D eigenvalue weighted by molar-refractivity contribution is 0.398. The van der Waals surface area contributed by atoms with Crippen LogP contribution in [0.2, 0.25) is 0 Å². The first-order valence-corrected chi connectivity index (χ1v) is 16.3. The highest BCUT2D eigenvalue weighted by Gasteiger charge is 2.08. The summed E-state index contributed by atoms with van der Waals surface area (Å²) in [6, 6.07) is 23.3. The molecule has 0 aliphatic carbocycles. The molecular weight excluding hydrogens is 504 g/mol. The molecule has 0 saturated carbocycles. The van der Waals surface area contributed by atoms with Crippen LogP contribution in [0.25, 0.3) is 0 Å². The van der Waals surface area contributed by atoms with Gasteiger partial charge >= 0.3 is 0 Å². The highest BCUT2D eigenvalue weighted by molar-refractivity contribution is 5.37. The fourth-order valence-electron chi connectivity index (χ4n) is 3.36. The molecule has 3 aromatic carbocycles. The fourth-order valence-corrected chi connectivity index (χ4v) is 3.36. The Balaban J connectivity index is -0.000000465. The van der Waals surface area contributed by atoms with Crippen molar-refractivity contribution in [3.8, 4) is 0 Å². The molecule has 0 saturated heterocycles. The minimum atomic E-state index is 0.500. The van der Waals surface area contributed by atoms with E-state index in [4.69, 9.17) is 0 Å². The highest BCUT2D eigenvalue weighted by atomic mass is 14.1. The Labute approximate surface area is 265 Å². The smallest absolute Gasteiger partial charge is 0.0216 e. The molecule has 3 aromatic rings. The van der Waals surface area contributed by atoms with E-state index in [-0.39, 0.29) is 0 Å². The number of aryl methyl sites for hydroxylation is 3. The SMILES string of the molecule is CC.CC(C)(C)C.CCC(C)(C)C.Cc1c(C(C)C)cccc1C(C)C.Cc1cccc(C)c1C.Cc1ccccc1. The van der Waals surface area contributed by atoms with Crippen LogP contribution in [0.1, 0.15) is 154 Å². The van der Waals surface area contributed by atoms with Crippen molar-refractivity contribution in [1.29, 1.82) is 0 Å². The van der Waals surface area contributed by atoms with Crippen molar-refractivity contribution in [3.05, 3.63) is 106 Å². The summed E-state index contributed by atoms with van der Waals surface area (Å²) >= 11 is 0. The number of hydrogen-bond donors (Lipinski definition) is 0. The summed E-state index contributed by atoms with van der Waals surface area (Å²) in [6.45, 7) is 41.5. The quantitative estimate of drug-likeness (QED) is 0.284. The average Bonchev–Trinajstić information content (AvgIpc) is 2.88. The van der Waals surface area contributed by atoms with Gasteiger partial charge in [0.1, 0.15) is 0 Å². The van der Waals surface area contributed by atoms with Crippen LogP contribution in [0.3, 0.4) is 0 Å². The van der Waals surface area contributed by atoms with E-state index in [1.54, 1.807) is 0 Å². The molecule has 0 amide bonds. The summed E-state index contributed by atoms with van der Waals surface area (Å²) in [5, 5.41) is 0. The van der Waals surface area contributed by atoms with Crippen molar-refractivity contribution in [3.63, 3.8) is 0 Å². The molecule has 0 heterocycles. The third kappa shape index (κ3) is 25.4. The van der Waals surface area contributed by atoms with Crippen molar-refractivity contribution >= 4 is 0 Å². The zero-order valence-electron chi connectivity index (χ0n) is 31.7. The first kappa shape index (κ1) is 44.1. The van der Waals surface area contributed by atoms with Gasteiger partial charge < -0.3 is 0 Å². The van der Waals surface area contributed by atoms with Gasteiger partial charge in [-0.3, -0.25) is 0 Å². The van der Waals surface area contributed by atoms with Gasteiger partial charge in [-0.15, -0.1) is 0 Å². The predicted octanol–water partition coefficient (Wildman–Crippen LogP) is 14.4. The zero-order chi connectivity index (χ0) is 33.7. The van der Waals surface area contributed by atoms with Crippen molar-refractivity contribution in [2.75, 3.05) is 0 Å². The molecule has 0 N–H and O–H groups in total. The summed E-state index contributed by atoms with van der Waals surface area (Å²) < 4.78 is 0. The Morgan fingerprint density at radius 2 is 0.810 bits per heavy atom. The largest absolute Gasteiger partial charge is 0.0683 e. The molecule has 0 aliphatic heterocycles. The summed E-state index contributed by atoms with van der Waals surface area (Å²) in [5.74, 6) is 1.28. The van der Waals surface area contributed by atoms with Gasteiger partial charge in [-0.1, -0.05) is 176 Å². The second-order valence-electron chi connectivity index (χ2n) is 14.5. The Bertz CT molecular complexity index is 985. The van der Waals surface area contributed by atoms with Crippen LogP contribution in [0.5, 0.6) is 0 Å². The van der Waals surface area contributed by atoms with E-state index in [2.05, 4.69) is 166 Å². The Kier molecular flexibility index (Phi) is 24.3. The van der Waals surface area contributed by atoms with Crippen LogP contribution in [0.15, 0.2) is 66.7 Å². The molecule has 240 valence electrons. The Morgan fingerprint density at radius 3 is 1.02 bits per heavy atom. The van der Waals surface area contributed by atoms with Gasteiger partial charge in [0, 0.05) is 0 Å². The van der Waals surface area contributed by atoms with Gasteiger partial charge in [0.25, 0.3) is 0 Å². The number of hydrogen-bond acceptors (Lipinski definition) is 0. The molecule has 0 radical (unpaired) electrons. The first-order valence-electron chi connectivity index (χ1n) is 16.3. The van der Waals surface area contributed by atoms with E-state index in [1.165, 1.54) is 45.4 Å². The van der Waals surface area contributed by atoms with Crippen LogP contribution in [0.4, 0.5) is 0 Å². The summed E-state index contributed by atoms with van der Waals surface area (Å²) in [5.41, 5.74) is 11.0. The molecule has 0 nitrogen and oxygen atoms in total. The molecule has 0 heteroatoms. The van der Waals surface area contributed by atoms with E-state index in [0.29, 0.717) is 22.7 Å². The summed E-state index contributed by atoms with van der Waals surface area (Å²) in [4.78, 5) is 0.